The third kappa shape index (κ3) is 1.73. The van der Waals surface area contributed by atoms with Crippen LogP contribution < -0.4 is 10.5 Å². The molecule has 4 nitrogen and oxygen atoms in total. The number of rotatable bonds is 3. The van der Waals surface area contributed by atoms with Crippen molar-refractivity contribution in [1.29, 1.82) is 0 Å². The molecule has 94 valence electrons. The van der Waals surface area contributed by atoms with Crippen LogP contribution in [0, 0.1) is 0 Å². The van der Waals surface area contributed by atoms with E-state index < -0.39 is 0 Å². The Bertz CT molecular complexity index is 590. The minimum atomic E-state index is 0.500. The summed E-state index contributed by atoms with van der Waals surface area (Å²) in [6.45, 7) is 0. The fourth-order valence-electron chi connectivity index (χ4n) is 2.11. The van der Waals surface area contributed by atoms with E-state index in [0.29, 0.717) is 28.3 Å². The number of nitrogens with two attached hydrogens (primary N) is 1. The summed E-state index contributed by atoms with van der Waals surface area (Å²) in [7, 11) is 1.61. The largest absolute Gasteiger partial charge is 0.496 e. The van der Waals surface area contributed by atoms with Crippen molar-refractivity contribution in [3.05, 3.63) is 29.5 Å². The second-order valence-corrected chi connectivity index (χ2v) is 4.84. The van der Waals surface area contributed by atoms with Gasteiger partial charge in [0.2, 0.25) is 0 Å². The van der Waals surface area contributed by atoms with E-state index in [1.54, 1.807) is 13.4 Å². The van der Waals surface area contributed by atoms with Crippen molar-refractivity contribution in [2.45, 2.75) is 18.9 Å². The van der Waals surface area contributed by atoms with E-state index in [1.165, 1.54) is 12.8 Å². The van der Waals surface area contributed by atoms with Crippen LogP contribution in [0.15, 0.2) is 24.5 Å². The van der Waals surface area contributed by atoms with Gasteiger partial charge in [-0.3, -0.25) is 0 Å². The first-order valence-electron chi connectivity index (χ1n) is 5.87. The van der Waals surface area contributed by atoms with Crippen LogP contribution >= 0.6 is 11.6 Å². The van der Waals surface area contributed by atoms with Crippen LogP contribution in [0.4, 0.5) is 5.82 Å². The second kappa shape index (κ2) is 4.21. The minimum Gasteiger partial charge on any atom is -0.496 e. The zero-order chi connectivity index (χ0) is 12.7. The van der Waals surface area contributed by atoms with E-state index in [2.05, 4.69) is 4.98 Å². The number of halogens is 1. The maximum atomic E-state index is 6.23. The van der Waals surface area contributed by atoms with Crippen molar-refractivity contribution in [1.82, 2.24) is 9.55 Å². The molecule has 0 atom stereocenters. The van der Waals surface area contributed by atoms with Crippen molar-refractivity contribution in [2.75, 3.05) is 12.8 Å². The molecule has 5 heteroatoms. The van der Waals surface area contributed by atoms with E-state index in [-0.39, 0.29) is 0 Å². The average molecular weight is 264 g/mol. The highest BCUT2D eigenvalue weighted by molar-refractivity contribution is 6.33. The molecule has 1 aromatic carbocycles. The van der Waals surface area contributed by atoms with Gasteiger partial charge in [0.25, 0.3) is 0 Å². The summed E-state index contributed by atoms with van der Waals surface area (Å²) in [5, 5.41) is 0.599. The summed E-state index contributed by atoms with van der Waals surface area (Å²) in [5.41, 5.74) is 7.62. The topological polar surface area (TPSA) is 53.1 Å². The SMILES string of the molecule is COc1cccc(Cl)c1-c1ncn(C2CC2)c1N. The lowest BCUT2D eigenvalue weighted by Gasteiger charge is -2.09. The lowest BCUT2D eigenvalue weighted by atomic mass is 10.1. The summed E-state index contributed by atoms with van der Waals surface area (Å²) in [6.07, 6.45) is 4.12. The molecule has 2 aromatic rings. The Morgan fingerprint density at radius 3 is 2.89 bits per heavy atom. The van der Waals surface area contributed by atoms with Crippen LogP contribution in [0.25, 0.3) is 11.3 Å². The highest BCUT2D eigenvalue weighted by Crippen LogP contribution is 2.42. The minimum absolute atomic E-state index is 0.500. The van der Waals surface area contributed by atoms with Gasteiger partial charge in [0.05, 0.1) is 24.0 Å². The summed E-state index contributed by atoms with van der Waals surface area (Å²) in [6, 6.07) is 6.02. The molecule has 0 bridgehead atoms. The first kappa shape index (κ1) is 11.4. The van der Waals surface area contributed by atoms with Gasteiger partial charge in [0.1, 0.15) is 17.3 Å². The van der Waals surface area contributed by atoms with Crippen molar-refractivity contribution in [3.63, 3.8) is 0 Å². The zero-order valence-electron chi connectivity index (χ0n) is 10.1. The van der Waals surface area contributed by atoms with Crippen LogP contribution in [0.5, 0.6) is 5.75 Å². The molecule has 1 aromatic heterocycles. The molecule has 0 radical (unpaired) electrons. The predicted molar refractivity (Wildman–Crippen MR) is 71.9 cm³/mol. The van der Waals surface area contributed by atoms with E-state index in [4.69, 9.17) is 22.1 Å². The van der Waals surface area contributed by atoms with Gasteiger partial charge >= 0.3 is 0 Å². The molecule has 1 heterocycles. The Balaban J connectivity index is 2.14. The number of hydrogen-bond acceptors (Lipinski definition) is 3. The standard InChI is InChI=1S/C13H14ClN3O/c1-18-10-4-2-3-9(14)11(10)12-13(15)17(7-16-12)8-5-6-8/h2-4,7-8H,5-6,15H2,1H3. The number of methoxy groups -OCH3 is 1. The normalized spacial score (nSPS) is 14.8. The third-order valence-electron chi connectivity index (χ3n) is 3.20. The van der Waals surface area contributed by atoms with Crippen LogP contribution in [-0.4, -0.2) is 16.7 Å². The lowest BCUT2D eigenvalue weighted by Crippen LogP contribution is -2.00. The number of hydrogen-bond donors (Lipinski definition) is 1. The summed E-state index contributed by atoms with van der Waals surface area (Å²) in [5.74, 6) is 1.35. The number of nitrogen functional groups attached to an aromatic ring is 1. The Hall–Kier alpha value is -1.68. The molecule has 0 saturated heterocycles. The molecule has 0 amide bonds. The Morgan fingerprint density at radius 2 is 2.22 bits per heavy atom. The molecule has 1 aliphatic rings. The van der Waals surface area contributed by atoms with E-state index >= 15 is 0 Å². The monoisotopic (exact) mass is 263 g/mol. The van der Waals surface area contributed by atoms with Crippen LogP contribution in [-0.2, 0) is 0 Å². The average Bonchev–Trinajstić information content (AvgIpc) is 3.14. The molecule has 0 aliphatic heterocycles. The van der Waals surface area contributed by atoms with Gasteiger partial charge in [-0.05, 0) is 25.0 Å². The van der Waals surface area contributed by atoms with Gasteiger partial charge in [-0.1, -0.05) is 17.7 Å². The molecule has 1 aliphatic carbocycles. The molecule has 1 saturated carbocycles. The van der Waals surface area contributed by atoms with Gasteiger partial charge in [-0.25, -0.2) is 4.98 Å². The Labute approximate surface area is 110 Å². The van der Waals surface area contributed by atoms with Crippen molar-refractivity contribution in [2.24, 2.45) is 0 Å². The van der Waals surface area contributed by atoms with E-state index in [0.717, 1.165) is 5.56 Å². The maximum absolute atomic E-state index is 6.23. The molecule has 0 unspecified atom stereocenters. The molecule has 3 rings (SSSR count). The van der Waals surface area contributed by atoms with Crippen LogP contribution in [0.1, 0.15) is 18.9 Å². The van der Waals surface area contributed by atoms with Gasteiger partial charge < -0.3 is 15.0 Å². The number of nitrogens with zero attached hydrogens (tertiary/aromatic N) is 2. The third-order valence-corrected chi connectivity index (χ3v) is 3.52. The van der Waals surface area contributed by atoms with Gasteiger partial charge in [0.15, 0.2) is 0 Å². The quantitative estimate of drug-likeness (QED) is 0.926. The first-order chi connectivity index (χ1) is 8.72. The predicted octanol–water partition coefficient (Wildman–Crippen LogP) is 3.13. The maximum Gasteiger partial charge on any atom is 0.131 e. The van der Waals surface area contributed by atoms with Crippen molar-refractivity contribution < 1.29 is 4.74 Å². The smallest absolute Gasteiger partial charge is 0.131 e. The molecule has 0 spiro atoms. The van der Waals surface area contributed by atoms with Gasteiger partial charge in [0, 0.05) is 6.04 Å². The zero-order valence-corrected chi connectivity index (χ0v) is 10.8. The highest BCUT2D eigenvalue weighted by atomic mass is 35.5. The number of imidazole rings is 1. The molecular formula is C13H14ClN3O. The number of ether oxygens (including phenoxy) is 1. The fraction of sp³-hybridized carbons (Fsp3) is 0.308. The fourth-order valence-corrected chi connectivity index (χ4v) is 2.37. The van der Waals surface area contributed by atoms with Crippen molar-refractivity contribution >= 4 is 17.4 Å². The van der Waals surface area contributed by atoms with Crippen LogP contribution in [0.2, 0.25) is 5.02 Å². The number of benzene rings is 1. The number of anilines is 1. The molecule has 1 fully saturated rings. The Morgan fingerprint density at radius 1 is 1.44 bits per heavy atom. The van der Waals surface area contributed by atoms with Crippen LogP contribution in [0.3, 0.4) is 0 Å². The van der Waals surface area contributed by atoms with E-state index in [9.17, 15) is 0 Å². The molecule has 2 N–H and O–H groups in total. The number of aromatic nitrogens is 2. The molecule has 18 heavy (non-hydrogen) atoms. The highest BCUT2D eigenvalue weighted by Gasteiger charge is 2.27. The lowest BCUT2D eigenvalue weighted by molar-refractivity contribution is 0.416. The summed E-state index contributed by atoms with van der Waals surface area (Å²) < 4.78 is 7.34. The summed E-state index contributed by atoms with van der Waals surface area (Å²) in [4.78, 5) is 4.39. The van der Waals surface area contributed by atoms with Gasteiger partial charge in [-0.2, -0.15) is 0 Å². The molecular weight excluding hydrogens is 250 g/mol. The Kier molecular flexibility index (Phi) is 2.67. The first-order valence-corrected chi connectivity index (χ1v) is 6.25. The summed E-state index contributed by atoms with van der Waals surface area (Å²) >= 11 is 6.23. The van der Waals surface area contributed by atoms with Crippen molar-refractivity contribution in [3.8, 4) is 17.0 Å². The van der Waals surface area contributed by atoms with Gasteiger partial charge in [-0.15, -0.1) is 0 Å². The van der Waals surface area contributed by atoms with E-state index in [1.807, 2.05) is 22.8 Å². The second-order valence-electron chi connectivity index (χ2n) is 4.43.